The van der Waals surface area contributed by atoms with Crippen molar-refractivity contribution in [3.63, 3.8) is 0 Å². The van der Waals surface area contributed by atoms with Crippen LogP contribution in [0.2, 0.25) is 5.02 Å². The molecule has 2 aliphatic carbocycles. The predicted octanol–water partition coefficient (Wildman–Crippen LogP) is 5.00. The number of carbonyl (C=O) groups excluding carboxylic acids is 1. The largest absolute Gasteiger partial charge is 0.386 e. The number of fused-ring (bicyclic) bond motifs is 2. The van der Waals surface area contributed by atoms with Crippen molar-refractivity contribution in [3.8, 4) is 0 Å². The van der Waals surface area contributed by atoms with Gasteiger partial charge in [0.15, 0.2) is 21.5 Å². The van der Waals surface area contributed by atoms with E-state index in [9.17, 15) is 32.2 Å². The lowest BCUT2D eigenvalue weighted by Crippen LogP contribution is -2.52. The summed E-state index contributed by atoms with van der Waals surface area (Å²) in [5.41, 5.74) is -0.495. The van der Waals surface area contributed by atoms with E-state index in [2.05, 4.69) is 10.3 Å². The van der Waals surface area contributed by atoms with Crippen LogP contribution in [0, 0.1) is 30.4 Å². The fraction of sp³-hybridized carbons (Fsp3) is 0.357. The van der Waals surface area contributed by atoms with Crippen LogP contribution in [-0.4, -0.2) is 40.4 Å². The van der Waals surface area contributed by atoms with Crippen LogP contribution >= 0.6 is 11.6 Å². The van der Waals surface area contributed by atoms with Crippen LogP contribution in [0.4, 0.5) is 14.5 Å². The van der Waals surface area contributed by atoms with E-state index >= 15 is 0 Å². The first-order valence-electron chi connectivity index (χ1n) is 12.5. The van der Waals surface area contributed by atoms with Gasteiger partial charge in [0, 0.05) is 23.0 Å². The summed E-state index contributed by atoms with van der Waals surface area (Å²) >= 11 is 6.29. The third-order valence-electron chi connectivity index (χ3n) is 8.01. The second kappa shape index (κ2) is 10.2. The molecule has 3 N–H and O–H groups in total. The number of sulfone groups is 1. The standard InChI is InChI=1S/C28H27ClF2N2O5S/c1-15-3-2-4-24(32-15)26(34)28(36)17-6-7-18(28)13-20(12-17)39(37,38)25-11-16(5-9-21(25)29)27(35)33-19-8-10-22(30)23(31)14-19/h2-5,8-11,14,17-18,20,26,34,36H,6-7,12-13H2,1H3,(H,33,35). The van der Waals surface area contributed by atoms with Crippen LogP contribution < -0.4 is 5.32 Å². The van der Waals surface area contributed by atoms with Crippen LogP contribution in [0.3, 0.4) is 0 Å². The van der Waals surface area contributed by atoms with Crippen LogP contribution in [0.5, 0.6) is 0 Å². The molecule has 206 valence electrons. The molecule has 2 saturated carbocycles. The first kappa shape index (κ1) is 27.6. The molecule has 2 bridgehead atoms. The van der Waals surface area contributed by atoms with Gasteiger partial charge in [-0.15, -0.1) is 0 Å². The summed E-state index contributed by atoms with van der Waals surface area (Å²) in [5, 5.41) is 24.3. The summed E-state index contributed by atoms with van der Waals surface area (Å²) in [6, 6.07) is 11.9. The van der Waals surface area contributed by atoms with Gasteiger partial charge in [-0.25, -0.2) is 17.2 Å². The molecule has 0 aliphatic heterocycles. The molecule has 2 fully saturated rings. The van der Waals surface area contributed by atoms with Crippen molar-refractivity contribution in [3.05, 3.63) is 88.2 Å². The molecule has 0 spiro atoms. The number of aliphatic hydroxyl groups excluding tert-OH is 1. The summed E-state index contributed by atoms with van der Waals surface area (Å²) in [5.74, 6) is -3.88. The molecule has 5 rings (SSSR count). The minimum atomic E-state index is -4.04. The summed E-state index contributed by atoms with van der Waals surface area (Å²) in [7, 11) is -4.04. The van der Waals surface area contributed by atoms with E-state index in [1.54, 1.807) is 25.1 Å². The van der Waals surface area contributed by atoms with Gasteiger partial charge >= 0.3 is 0 Å². The lowest BCUT2D eigenvalue weighted by Gasteiger charge is -2.45. The highest BCUT2D eigenvalue weighted by Gasteiger charge is 2.59. The Morgan fingerprint density at radius 3 is 2.41 bits per heavy atom. The van der Waals surface area contributed by atoms with Gasteiger partial charge in [0.05, 0.1) is 20.9 Å². The van der Waals surface area contributed by atoms with E-state index < -0.39 is 56.2 Å². The summed E-state index contributed by atoms with van der Waals surface area (Å²) in [4.78, 5) is 16.9. The normalized spacial score (nSPS) is 25.3. The monoisotopic (exact) mass is 576 g/mol. The van der Waals surface area contributed by atoms with E-state index in [1.807, 2.05) is 0 Å². The maximum atomic E-state index is 13.8. The Morgan fingerprint density at radius 1 is 1.08 bits per heavy atom. The van der Waals surface area contributed by atoms with Crippen LogP contribution in [0.25, 0.3) is 0 Å². The number of halogens is 3. The molecule has 3 atom stereocenters. The number of nitrogens with one attached hydrogen (secondary N) is 1. The average molecular weight is 577 g/mol. The number of aromatic nitrogens is 1. The average Bonchev–Trinajstić information content (AvgIpc) is 3.05. The maximum absolute atomic E-state index is 13.8. The number of nitrogens with zero attached hydrogens (tertiary/aromatic N) is 1. The third kappa shape index (κ3) is 4.95. The van der Waals surface area contributed by atoms with Crippen molar-refractivity contribution in [2.75, 3.05) is 5.32 Å². The first-order chi connectivity index (χ1) is 18.4. The predicted molar refractivity (Wildman–Crippen MR) is 141 cm³/mol. The highest BCUT2D eigenvalue weighted by molar-refractivity contribution is 7.92. The number of anilines is 1. The third-order valence-corrected chi connectivity index (χ3v) is 10.7. The van der Waals surface area contributed by atoms with Crippen LogP contribution in [0.15, 0.2) is 59.5 Å². The SMILES string of the molecule is Cc1cccc(C(O)C2(O)C3CCC2CC(S(=O)(=O)c2cc(C(=O)Nc4ccc(F)c(F)c4)ccc2Cl)C3)n1. The minimum absolute atomic E-state index is 0.00283. The van der Waals surface area contributed by atoms with Crippen molar-refractivity contribution in [1.82, 2.24) is 4.98 Å². The molecule has 1 aromatic heterocycles. The van der Waals surface area contributed by atoms with Crippen molar-refractivity contribution < 1.29 is 32.2 Å². The number of pyridine rings is 1. The van der Waals surface area contributed by atoms with Crippen LogP contribution in [0.1, 0.15) is 53.5 Å². The number of benzene rings is 2. The number of aliphatic hydroxyl groups is 2. The lowest BCUT2D eigenvalue weighted by atomic mass is 9.70. The van der Waals surface area contributed by atoms with Gasteiger partial charge in [-0.3, -0.25) is 9.78 Å². The molecule has 2 aromatic carbocycles. The van der Waals surface area contributed by atoms with Gasteiger partial charge < -0.3 is 15.5 Å². The molecule has 0 radical (unpaired) electrons. The second-order valence-electron chi connectivity index (χ2n) is 10.3. The van der Waals surface area contributed by atoms with E-state index in [0.717, 1.165) is 12.1 Å². The Hall–Kier alpha value is -2.92. The van der Waals surface area contributed by atoms with Gasteiger partial charge in [-0.05, 0) is 86.9 Å². The van der Waals surface area contributed by atoms with Crippen molar-refractivity contribution in [1.29, 1.82) is 0 Å². The zero-order valence-electron chi connectivity index (χ0n) is 20.9. The Morgan fingerprint density at radius 2 is 1.77 bits per heavy atom. The number of aryl methyl sites for hydroxylation is 1. The maximum Gasteiger partial charge on any atom is 0.255 e. The van der Waals surface area contributed by atoms with Crippen molar-refractivity contribution >= 4 is 33.0 Å². The molecule has 1 amide bonds. The summed E-state index contributed by atoms with van der Waals surface area (Å²) in [6.45, 7) is 1.79. The van der Waals surface area contributed by atoms with Crippen LogP contribution in [-0.2, 0) is 9.84 Å². The highest BCUT2D eigenvalue weighted by Crippen LogP contribution is 2.56. The topological polar surface area (TPSA) is 117 Å². The highest BCUT2D eigenvalue weighted by atomic mass is 35.5. The van der Waals surface area contributed by atoms with Gasteiger partial charge in [0.2, 0.25) is 0 Å². The van der Waals surface area contributed by atoms with E-state index in [0.29, 0.717) is 24.2 Å². The molecule has 0 saturated heterocycles. The zero-order chi connectivity index (χ0) is 28.1. The lowest BCUT2D eigenvalue weighted by molar-refractivity contribution is -0.145. The Kier molecular flexibility index (Phi) is 7.26. The molecule has 3 unspecified atom stereocenters. The minimum Gasteiger partial charge on any atom is -0.386 e. The molecular weight excluding hydrogens is 550 g/mol. The summed E-state index contributed by atoms with van der Waals surface area (Å²) in [6.07, 6.45) is 0.0751. The Labute approximate surface area is 229 Å². The Bertz CT molecular complexity index is 1540. The molecule has 1 heterocycles. The summed E-state index contributed by atoms with van der Waals surface area (Å²) < 4.78 is 54.3. The first-order valence-corrected chi connectivity index (χ1v) is 14.5. The van der Waals surface area contributed by atoms with Crippen molar-refractivity contribution in [2.45, 2.75) is 54.5 Å². The van der Waals surface area contributed by atoms with E-state index in [-0.39, 0.29) is 34.0 Å². The molecular formula is C28H27ClF2N2O5S. The zero-order valence-corrected chi connectivity index (χ0v) is 22.5. The molecule has 2 aliphatic rings. The van der Waals surface area contributed by atoms with Gasteiger partial charge in [-0.1, -0.05) is 17.7 Å². The number of hydrogen-bond donors (Lipinski definition) is 3. The molecule has 7 nitrogen and oxygen atoms in total. The van der Waals surface area contributed by atoms with Gasteiger partial charge in [0.25, 0.3) is 5.91 Å². The number of carbonyl (C=O) groups is 1. The van der Waals surface area contributed by atoms with Gasteiger partial charge in [-0.2, -0.15) is 0 Å². The fourth-order valence-electron chi connectivity index (χ4n) is 6.01. The Balaban J connectivity index is 1.39. The number of rotatable bonds is 6. The smallest absolute Gasteiger partial charge is 0.255 e. The van der Waals surface area contributed by atoms with Gasteiger partial charge in [0.1, 0.15) is 11.7 Å². The van der Waals surface area contributed by atoms with E-state index in [4.69, 9.17) is 11.6 Å². The molecule has 3 aromatic rings. The second-order valence-corrected chi connectivity index (χ2v) is 12.9. The number of hydrogen-bond acceptors (Lipinski definition) is 6. The number of amides is 1. The fourth-order valence-corrected chi connectivity index (χ4v) is 8.42. The van der Waals surface area contributed by atoms with E-state index in [1.165, 1.54) is 24.3 Å². The van der Waals surface area contributed by atoms with Crippen molar-refractivity contribution in [2.24, 2.45) is 11.8 Å². The quantitative estimate of drug-likeness (QED) is 0.380. The molecule has 11 heteroatoms. The molecule has 39 heavy (non-hydrogen) atoms.